The fraction of sp³-hybridized carbons (Fsp3) is 0.250. The highest BCUT2D eigenvalue weighted by atomic mass is 32.1. The van der Waals surface area contributed by atoms with Gasteiger partial charge in [0.15, 0.2) is 6.61 Å². The molecule has 0 saturated heterocycles. The van der Waals surface area contributed by atoms with Crippen molar-refractivity contribution in [2.45, 2.75) is 13.5 Å². The minimum absolute atomic E-state index is 0.0366. The van der Waals surface area contributed by atoms with Crippen LogP contribution < -0.4 is 5.73 Å². The van der Waals surface area contributed by atoms with Gasteiger partial charge in [0, 0.05) is 18.0 Å². The molecule has 1 heterocycles. The molecule has 0 aliphatic carbocycles. The Balaban J connectivity index is 1.95. The number of nitrogens with two attached hydrogens (primary N) is 1. The molecule has 2 rings (SSSR count). The number of nitrogen functional groups attached to an aromatic ring is 1. The zero-order chi connectivity index (χ0) is 18.6. The summed E-state index contributed by atoms with van der Waals surface area (Å²) in [6, 6.07) is 5.56. The number of hydrogen-bond acceptors (Lipinski definition) is 7. The zero-order valence-corrected chi connectivity index (χ0v) is 14.5. The van der Waals surface area contributed by atoms with Gasteiger partial charge in [-0.3, -0.25) is 14.9 Å². The first-order chi connectivity index (χ1) is 11.8. The fourth-order valence-corrected chi connectivity index (χ4v) is 2.98. The van der Waals surface area contributed by atoms with E-state index in [1.807, 2.05) is 18.4 Å². The van der Waals surface area contributed by atoms with Crippen LogP contribution in [-0.2, 0) is 16.1 Å². The number of carbonyl (C=O) groups is 2. The number of aryl methyl sites for hydroxylation is 1. The number of rotatable bonds is 6. The molecule has 2 N–H and O–H groups in total. The number of nitrogens with zero attached hydrogens (tertiary/aromatic N) is 2. The van der Waals surface area contributed by atoms with Gasteiger partial charge in [0.2, 0.25) is 0 Å². The molecule has 0 spiro atoms. The van der Waals surface area contributed by atoms with Crippen LogP contribution in [0.1, 0.15) is 20.8 Å². The molecule has 8 nitrogen and oxygen atoms in total. The number of nitro benzene ring substituents is 1. The van der Waals surface area contributed by atoms with E-state index in [9.17, 15) is 19.7 Å². The largest absolute Gasteiger partial charge is 0.452 e. The molecule has 2 aromatic rings. The van der Waals surface area contributed by atoms with E-state index in [1.165, 1.54) is 17.0 Å². The number of anilines is 1. The highest BCUT2D eigenvalue weighted by molar-refractivity contribution is 7.10. The minimum Gasteiger partial charge on any atom is -0.452 e. The second-order valence-corrected chi connectivity index (χ2v) is 6.38. The summed E-state index contributed by atoms with van der Waals surface area (Å²) in [4.78, 5) is 36.7. The second kappa shape index (κ2) is 7.75. The summed E-state index contributed by atoms with van der Waals surface area (Å²) in [6.07, 6.45) is 0. The summed E-state index contributed by atoms with van der Waals surface area (Å²) in [7, 11) is 1.61. The number of carbonyl (C=O) groups excluding carboxylic acids is 2. The Morgan fingerprint density at radius 2 is 2.08 bits per heavy atom. The van der Waals surface area contributed by atoms with Crippen LogP contribution in [-0.4, -0.2) is 35.4 Å². The van der Waals surface area contributed by atoms with Crippen molar-refractivity contribution < 1.29 is 19.2 Å². The molecule has 1 aromatic carbocycles. The smallest absolute Gasteiger partial charge is 0.338 e. The van der Waals surface area contributed by atoms with E-state index < -0.39 is 17.5 Å². The molecule has 0 unspecified atom stereocenters. The van der Waals surface area contributed by atoms with Gasteiger partial charge in [-0.1, -0.05) is 0 Å². The molecule has 9 heteroatoms. The topological polar surface area (TPSA) is 116 Å². The number of amides is 1. The van der Waals surface area contributed by atoms with Gasteiger partial charge in [-0.05, 0) is 36.1 Å². The number of nitro groups is 1. The fourth-order valence-electron chi connectivity index (χ4n) is 2.02. The van der Waals surface area contributed by atoms with E-state index in [4.69, 9.17) is 10.5 Å². The monoisotopic (exact) mass is 363 g/mol. The normalized spacial score (nSPS) is 10.3. The van der Waals surface area contributed by atoms with Crippen LogP contribution in [0.2, 0.25) is 0 Å². The van der Waals surface area contributed by atoms with Gasteiger partial charge in [-0.15, -0.1) is 11.3 Å². The third-order valence-electron chi connectivity index (χ3n) is 3.56. The van der Waals surface area contributed by atoms with Crippen LogP contribution >= 0.6 is 11.3 Å². The van der Waals surface area contributed by atoms with Crippen molar-refractivity contribution in [2.75, 3.05) is 19.4 Å². The van der Waals surface area contributed by atoms with Crippen LogP contribution in [0.15, 0.2) is 29.6 Å². The van der Waals surface area contributed by atoms with Crippen molar-refractivity contribution in [2.24, 2.45) is 0 Å². The molecular weight excluding hydrogens is 346 g/mol. The summed E-state index contributed by atoms with van der Waals surface area (Å²) in [6.45, 7) is 1.93. The molecular formula is C16H17N3O5S. The maximum Gasteiger partial charge on any atom is 0.338 e. The van der Waals surface area contributed by atoms with Crippen LogP contribution in [0, 0.1) is 17.0 Å². The van der Waals surface area contributed by atoms with Gasteiger partial charge in [0.05, 0.1) is 17.0 Å². The van der Waals surface area contributed by atoms with E-state index in [0.29, 0.717) is 6.54 Å². The van der Waals surface area contributed by atoms with Crippen molar-refractivity contribution >= 4 is 34.6 Å². The number of thiophene rings is 1. The first kappa shape index (κ1) is 18.4. The Bertz CT molecular complexity index is 818. The summed E-state index contributed by atoms with van der Waals surface area (Å²) < 4.78 is 4.94. The minimum atomic E-state index is -0.822. The lowest BCUT2D eigenvalue weighted by Crippen LogP contribution is -2.30. The maximum atomic E-state index is 12.1. The number of esters is 1. The molecule has 1 amide bonds. The second-order valence-electron chi connectivity index (χ2n) is 5.38. The van der Waals surface area contributed by atoms with Crippen LogP contribution in [0.3, 0.4) is 0 Å². The molecule has 0 bridgehead atoms. The Labute approximate surface area is 148 Å². The van der Waals surface area contributed by atoms with Gasteiger partial charge in [-0.25, -0.2) is 4.79 Å². The SMILES string of the molecule is Cc1ccsc1CN(C)C(=O)COC(=O)c1ccc(N)c([N+](=O)[O-])c1. The van der Waals surface area contributed by atoms with Crippen molar-refractivity contribution in [3.05, 3.63) is 55.8 Å². The average Bonchev–Trinajstić information content (AvgIpc) is 2.97. The lowest BCUT2D eigenvalue weighted by atomic mass is 10.2. The van der Waals surface area contributed by atoms with Crippen LogP contribution in [0.25, 0.3) is 0 Å². The molecule has 0 atom stereocenters. The quantitative estimate of drug-likeness (QED) is 0.364. The average molecular weight is 363 g/mol. The van der Waals surface area contributed by atoms with Crippen LogP contribution in [0.4, 0.5) is 11.4 Å². The predicted molar refractivity (Wildman–Crippen MR) is 93.3 cm³/mol. The number of benzene rings is 1. The van der Waals surface area contributed by atoms with Gasteiger partial charge < -0.3 is 15.4 Å². The zero-order valence-electron chi connectivity index (χ0n) is 13.7. The third kappa shape index (κ3) is 4.54. The maximum absolute atomic E-state index is 12.1. The third-order valence-corrected chi connectivity index (χ3v) is 4.57. The Morgan fingerprint density at radius 1 is 1.36 bits per heavy atom. The predicted octanol–water partition coefficient (Wildman–Crippen LogP) is 2.36. The first-order valence-electron chi connectivity index (χ1n) is 7.27. The van der Waals surface area contributed by atoms with E-state index >= 15 is 0 Å². The van der Waals surface area contributed by atoms with Crippen molar-refractivity contribution in [3.63, 3.8) is 0 Å². The van der Waals surface area contributed by atoms with Crippen molar-refractivity contribution in [3.8, 4) is 0 Å². The van der Waals surface area contributed by atoms with E-state index in [-0.39, 0.29) is 22.8 Å². The summed E-state index contributed by atoms with van der Waals surface area (Å²) in [5, 5.41) is 12.8. The van der Waals surface area contributed by atoms with Gasteiger partial charge in [-0.2, -0.15) is 0 Å². The van der Waals surface area contributed by atoms with Gasteiger partial charge in [0.1, 0.15) is 5.69 Å². The summed E-state index contributed by atoms with van der Waals surface area (Å²) in [5.41, 5.74) is 6.10. The van der Waals surface area contributed by atoms with Gasteiger partial charge >= 0.3 is 5.97 Å². The number of hydrogen-bond donors (Lipinski definition) is 1. The lowest BCUT2D eigenvalue weighted by Gasteiger charge is -2.16. The standard InChI is InChI=1S/C16H17N3O5S/c1-10-5-6-25-14(10)8-18(2)15(20)9-24-16(21)11-3-4-12(17)13(7-11)19(22)23/h3-7H,8-9,17H2,1-2H3. The molecule has 0 saturated carbocycles. The highest BCUT2D eigenvalue weighted by Gasteiger charge is 2.18. The molecule has 1 aromatic heterocycles. The highest BCUT2D eigenvalue weighted by Crippen LogP contribution is 2.22. The van der Waals surface area contributed by atoms with E-state index in [0.717, 1.165) is 16.5 Å². The summed E-state index contributed by atoms with van der Waals surface area (Å²) in [5.74, 6) is -1.19. The number of ether oxygens (including phenoxy) is 1. The number of likely N-dealkylation sites (N-methyl/N-ethyl adjacent to an activating group) is 1. The molecule has 132 valence electrons. The van der Waals surface area contributed by atoms with Gasteiger partial charge in [0.25, 0.3) is 11.6 Å². The van der Waals surface area contributed by atoms with Crippen molar-refractivity contribution in [1.29, 1.82) is 0 Å². The molecule has 0 aliphatic heterocycles. The Morgan fingerprint density at radius 3 is 2.68 bits per heavy atom. The summed E-state index contributed by atoms with van der Waals surface area (Å²) >= 11 is 1.54. The van der Waals surface area contributed by atoms with E-state index in [1.54, 1.807) is 18.4 Å². The van der Waals surface area contributed by atoms with E-state index in [2.05, 4.69) is 0 Å². The Kier molecular flexibility index (Phi) is 5.71. The molecule has 0 aliphatic rings. The molecule has 0 fully saturated rings. The Hall–Kier alpha value is -2.94. The van der Waals surface area contributed by atoms with Crippen LogP contribution in [0.5, 0.6) is 0 Å². The molecule has 0 radical (unpaired) electrons. The molecule has 25 heavy (non-hydrogen) atoms. The lowest BCUT2D eigenvalue weighted by molar-refractivity contribution is -0.383. The first-order valence-corrected chi connectivity index (χ1v) is 8.15. The van der Waals surface area contributed by atoms with Crippen molar-refractivity contribution in [1.82, 2.24) is 4.90 Å².